The first-order chi connectivity index (χ1) is 10.0. The summed E-state index contributed by atoms with van der Waals surface area (Å²) in [5, 5.41) is 12.9. The molecule has 0 aliphatic heterocycles. The molecule has 3 nitrogen and oxygen atoms in total. The molecule has 0 spiro atoms. The maximum Gasteiger partial charge on any atom is 0.122 e. The van der Waals surface area contributed by atoms with Gasteiger partial charge in [0.15, 0.2) is 0 Å². The number of aliphatic hydroxyl groups excluding tert-OH is 1. The van der Waals surface area contributed by atoms with Crippen molar-refractivity contribution >= 4 is 0 Å². The van der Waals surface area contributed by atoms with Gasteiger partial charge in [-0.1, -0.05) is 19.1 Å². The maximum absolute atomic E-state index is 9.52. The summed E-state index contributed by atoms with van der Waals surface area (Å²) in [7, 11) is 0. The number of hydrogen-bond acceptors (Lipinski definition) is 3. The lowest BCUT2D eigenvalue weighted by Gasteiger charge is -2.28. The van der Waals surface area contributed by atoms with E-state index in [4.69, 9.17) is 4.74 Å². The highest BCUT2D eigenvalue weighted by molar-refractivity contribution is 5.38. The van der Waals surface area contributed by atoms with E-state index < -0.39 is 0 Å². The van der Waals surface area contributed by atoms with Crippen LogP contribution >= 0.6 is 0 Å². The Bertz CT molecular complexity index is 420. The average Bonchev–Trinajstić information content (AvgIpc) is 2.49. The van der Waals surface area contributed by atoms with E-state index in [0.717, 1.165) is 44.6 Å². The van der Waals surface area contributed by atoms with Gasteiger partial charge in [-0.25, -0.2) is 0 Å². The summed E-state index contributed by atoms with van der Waals surface area (Å²) in [6.07, 6.45) is 4.13. The van der Waals surface area contributed by atoms with Crippen LogP contribution in [-0.4, -0.2) is 30.4 Å². The largest absolute Gasteiger partial charge is 0.493 e. The molecule has 0 aliphatic carbocycles. The third-order valence-corrected chi connectivity index (χ3v) is 4.09. The third kappa shape index (κ3) is 6.06. The Balaban J connectivity index is 2.29. The van der Waals surface area contributed by atoms with Crippen LogP contribution in [0.1, 0.15) is 50.7 Å². The second-order valence-corrected chi connectivity index (χ2v) is 6.15. The molecule has 0 amide bonds. The van der Waals surface area contributed by atoms with Gasteiger partial charge in [0.05, 0.1) is 13.2 Å². The molecule has 1 atom stereocenters. The van der Waals surface area contributed by atoms with Gasteiger partial charge in [-0.2, -0.15) is 0 Å². The molecule has 0 aromatic heterocycles. The molecule has 21 heavy (non-hydrogen) atoms. The van der Waals surface area contributed by atoms with Gasteiger partial charge in [-0.3, -0.25) is 0 Å². The summed E-state index contributed by atoms with van der Waals surface area (Å²) >= 11 is 0. The molecule has 120 valence electrons. The van der Waals surface area contributed by atoms with Crippen molar-refractivity contribution in [1.82, 2.24) is 5.32 Å². The molecule has 0 heterocycles. The lowest BCUT2D eigenvalue weighted by atomic mass is 9.95. The Morgan fingerprint density at radius 3 is 2.67 bits per heavy atom. The van der Waals surface area contributed by atoms with Crippen molar-refractivity contribution in [3.05, 3.63) is 29.3 Å². The van der Waals surface area contributed by atoms with E-state index in [1.807, 2.05) is 12.1 Å². The van der Waals surface area contributed by atoms with Gasteiger partial charge in [-0.15, -0.1) is 0 Å². The van der Waals surface area contributed by atoms with Crippen LogP contribution in [0.2, 0.25) is 0 Å². The Morgan fingerprint density at radius 1 is 1.24 bits per heavy atom. The molecular weight excluding hydrogens is 262 g/mol. The first-order valence-electron chi connectivity index (χ1n) is 8.07. The molecule has 1 aromatic carbocycles. The molecule has 0 saturated carbocycles. The fourth-order valence-electron chi connectivity index (χ4n) is 2.33. The van der Waals surface area contributed by atoms with Crippen LogP contribution in [-0.2, 0) is 0 Å². The Morgan fingerprint density at radius 2 is 2.00 bits per heavy atom. The molecule has 0 fully saturated rings. The molecule has 1 unspecified atom stereocenters. The minimum absolute atomic E-state index is 0.157. The molecule has 3 heteroatoms. The van der Waals surface area contributed by atoms with Gasteiger partial charge in [0.1, 0.15) is 5.75 Å². The molecule has 1 rings (SSSR count). The Labute approximate surface area is 129 Å². The van der Waals surface area contributed by atoms with Gasteiger partial charge in [0.2, 0.25) is 0 Å². The number of aliphatic hydroxyl groups is 1. The fraction of sp³-hybridized carbons (Fsp3) is 0.667. The fourth-order valence-corrected chi connectivity index (χ4v) is 2.33. The van der Waals surface area contributed by atoms with Crippen LogP contribution in [0, 0.1) is 13.8 Å². The van der Waals surface area contributed by atoms with Crippen LogP contribution in [0.5, 0.6) is 5.75 Å². The Kier molecular flexibility index (Phi) is 7.76. The van der Waals surface area contributed by atoms with Crippen LogP contribution in [0.3, 0.4) is 0 Å². The number of nitrogens with one attached hydrogen (secondary N) is 1. The van der Waals surface area contributed by atoms with Crippen molar-refractivity contribution in [1.29, 1.82) is 0 Å². The topological polar surface area (TPSA) is 41.5 Å². The number of rotatable bonds is 10. The average molecular weight is 293 g/mol. The summed E-state index contributed by atoms with van der Waals surface area (Å²) < 4.78 is 5.86. The van der Waals surface area contributed by atoms with Gasteiger partial charge >= 0.3 is 0 Å². The van der Waals surface area contributed by atoms with E-state index in [0.29, 0.717) is 0 Å². The van der Waals surface area contributed by atoms with Crippen LogP contribution < -0.4 is 10.1 Å². The van der Waals surface area contributed by atoms with E-state index in [1.165, 1.54) is 11.1 Å². The molecule has 0 bridgehead atoms. The normalized spacial score (nSPS) is 14.0. The van der Waals surface area contributed by atoms with Crippen LogP contribution in [0.25, 0.3) is 0 Å². The second kappa shape index (κ2) is 9.06. The van der Waals surface area contributed by atoms with Crippen molar-refractivity contribution < 1.29 is 9.84 Å². The van der Waals surface area contributed by atoms with Crippen LogP contribution in [0.4, 0.5) is 0 Å². The standard InChI is InChI=1S/C18H31NO2/c1-5-12-19-18(4,14-20)11-6-7-13-21-17-10-8-9-15(2)16(17)3/h8-10,19-20H,5-7,11-14H2,1-4H3. The summed E-state index contributed by atoms with van der Waals surface area (Å²) in [6.45, 7) is 10.3. The quantitative estimate of drug-likeness (QED) is 0.648. The minimum Gasteiger partial charge on any atom is -0.493 e. The number of benzene rings is 1. The van der Waals surface area contributed by atoms with Crippen molar-refractivity contribution in [2.75, 3.05) is 19.8 Å². The molecular formula is C18H31NO2. The van der Waals surface area contributed by atoms with E-state index >= 15 is 0 Å². The number of aryl methyl sites for hydroxylation is 1. The number of unbranched alkanes of at least 4 members (excludes halogenated alkanes) is 1. The smallest absolute Gasteiger partial charge is 0.122 e. The van der Waals surface area contributed by atoms with Gasteiger partial charge in [0, 0.05) is 5.54 Å². The minimum atomic E-state index is -0.157. The highest BCUT2D eigenvalue weighted by Crippen LogP contribution is 2.21. The van der Waals surface area contributed by atoms with Crippen molar-refractivity contribution in [2.45, 2.75) is 58.9 Å². The van der Waals surface area contributed by atoms with E-state index in [2.05, 4.69) is 39.1 Å². The Hall–Kier alpha value is -1.06. The maximum atomic E-state index is 9.52. The summed E-state index contributed by atoms with van der Waals surface area (Å²) in [6, 6.07) is 6.17. The van der Waals surface area contributed by atoms with Crippen molar-refractivity contribution in [2.24, 2.45) is 0 Å². The second-order valence-electron chi connectivity index (χ2n) is 6.15. The zero-order valence-electron chi connectivity index (χ0n) is 14.0. The van der Waals surface area contributed by atoms with E-state index in [1.54, 1.807) is 0 Å². The van der Waals surface area contributed by atoms with Gasteiger partial charge in [0.25, 0.3) is 0 Å². The first kappa shape index (κ1) is 18.0. The SMILES string of the molecule is CCCNC(C)(CO)CCCCOc1cccc(C)c1C. The van der Waals surface area contributed by atoms with Crippen molar-refractivity contribution in [3.63, 3.8) is 0 Å². The first-order valence-corrected chi connectivity index (χ1v) is 8.07. The summed E-state index contributed by atoms with van der Waals surface area (Å²) in [5.41, 5.74) is 2.33. The van der Waals surface area contributed by atoms with Gasteiger partial charge < -0.3 is 15.2 Å². The zero-order valence-corrected chi connectivity index (χ0v) is 14.0. The van der Waals surface area contributed by atoms with Crippen LogP contribution in [0.15, 0.2) is 18.2 Å². The lowest BCUT2D eigenvalue weighted by molar-refractivity contribution is 0.160. The van der Waals surface area contributed by atoms with E-state index in [9.17, 15) is 5.11 Å². The summed E-state index contributed by atoms with van der Waals surface area (Å²) in [4.78, 5) is 0. The van der Waals surface area contributed by atoms with E-state index in [-0.39, 0.29) is 12.1 Å². The molecule has 0 radical (unpaired) electrons. The number of ether oxygens (including phenoxy) is 1. The number of hydrogen-bond donors (Lipinski definition) is 2. The summed E-state index contributed by atoms with van der Waals surface area (Å²) in [5.74, 6) is 0.990. The lowest BCUT2D eigenvalue weighted by Crippen LogP contribution is -2.46. The molecule has 1 aromatic rings. The predicted molar refractivity (Wildman–Crippen MR) is 89.0 cm³/mol. The molecule has 0 saturated heterocycles. The third-order valence-electron chi connectivity index (χ3n) is 4.09. The molecule has 2 N–H and O–H groups in total. The monoisotopic (exact) mass is 293 g/mol. The predicted octanol–water partition coefficient (Wildman–Crippen LogP) is 3.60. The molecule has 0 aliphatic rings. The van der Waals surface area contributed by atoms with Crippen molar-refractivity contribution in [3.8, 4) is 5.75 Å². The van der Waals surface area contributed by atoms with Gasteiger partial charge in [-0.05, 0) is 70.2 Å². The zero-order chi connectivity index (χ0) is 15.7. The highest BCUT2D eigenvalue weighted by Gasteiger charge is 2.21. The highest BCUT2D eigenvalue weighted by atomic mass is 16.5.